The van der Waals surface area contributed by atoms with Crippen molar-refractivity contribution in [2.45, 2.75) is 13.8 Å². The van der Waals surface area contributed by atoms with Gasteiger partial charge < -0.3 is 5.32 Å². The van der Waals surface area contributed by atoms with Crippen LogP contribution < -0.4 is 10.0 Å². The summed E-state index contributed by atoms with van der Waals surface area (Å²) in [6.07, 6.45) is 0. The van der Waals surface area contributed by atoms with Crippen molar-refractivity contribution in [3.8, 4) is 0 Å². The van der Waals surface area contributed by atoms with Gasteiger partial charge in [0.1, 0.15) is 0 Å². The van der Waals surface area contributed by atoms with E-state index < -0.39 is 10.2 Å². The minimum absolute atomic E-state index is 0.528. The van der Waals surface area contributed by atoms with Crippen LogP contribution in [0.1, 0.15) is 11.1 Å². The second-order valence-electron chi connectivity index (χ2n) is 5.41. The Morgan fingerprint density at radius 3 is 2.09 bits per heavy atom. The number of nitrogens with zero attached hydrogens (tertiary/aromatic N) is 1. The zero-order valence-corrected chi connectivity index (χ0v) is 14.0. The molecule has 0 bridgehead atoms. The predicted molar refractivity (Wildman–Crippen MR) is 91.9 cm³/mol. The van der Waals surface area contributed by atoms with Crippen LogP contribution in [0.4, 0.5) is 17.1 Å². The highest BCUT2D eigenvalue weighted by Crippen LogP contribution is 2.23. The lowest BCUT2D eigenvalue weighted by Crippen LogP contribution is -2.28. The molecule has 0 aromatic heterocycles. The maximum absolute atomic E-state index is 11.8. The highest BCUT2D eigenvalue weighted by atomic mass is 32.2. The van der Waals surface area contributed by atoms with Crippen molar-refractivity contribution in [2.75, 3.05) is 24.1 Å². The van der Waals surface area contributed by atoms with Crippen molar-refractivity contribution in [1.82, 2.24) is 4.31 Å². The summed E-state index contributed by atoms with van der Waals surface area (Å²) in [6.45, 7) is 4.09. The number of anilines is 3. The van der Waals surface area contributed by atoms with Gasteiger partial charge in [-0.3, -0.25) is 4.72 Å². The van der Waals surface area contributed by atoms with Crippen LogP contribution in [0.25, 0.3) is 0 Å². The van der Waals surface area contributed by atoms with E-state index >= 15 is 0 Å². The average Bonchev–Trinajstić information content (AvgIpc) is 2.44. The lowest BCUT2D eigenvalue weighted by atomic mass is 10.1. The summed E-state index contributed by atoms with van der Waals surface area (Å²) in [7, 11) is -0.503. The second-order valence-corrected chi connectivity index (χ2v) is 7.29. The fourth-order valence-corrected chi connectivity index (χ4v) is 2.50. The molecule has 5 nitrogen and oxygen atoms in total. The Kier molecular flexibility index (Phi) is 4.73. The van der Waals surface area contributed by atoms with Crippen LogP contribution in [0.15, 0.2) is 42.5 Å². The van der Waals surface area contributed by atoms with Gasteiger partial charge in [-0.25, -0.2) is 0 Å². The topological polar surface area (TPSA) is 61.4 Å². The van der Waals surface area contributed by atoms with Crippen LogP contribution in [-0.4, -0.2) is 26.8 Å². The van der Waals surface area contributed by atoms with Gasteiger partial charge in [0, 0.05) is 31.2 Å². The molecule has 0 fully saturated rings. The molecule has 2 N–H and O–H groups in total. The van der Waals surface area contributed by atoms with Crippen molar-refractivity contribution < 1.29 is 8.42 Å². The fourth-order valence-electron chi connectivity index (χ4n) is 1.89. The zero-order chi connectivity index (χ0) is 16.3. The smallest absolute Gasteiger partial charge is 0.301 e. The predicted octanol–water partition coefficient (Wildman–Crippen LogP) is 3.27. The molecule has 118 valence electrons. The molecule has 2 rings (SSSR count). The second kappa shape index (κ2) is 6.37. The van der Waals surface area contributed by atoms with Crippen LogP contribution in [0.3, 0.4) is 0 Å². The number of nitrogens with one attached hydrogen (secondary N) is 2. The van der Waals surface area contributed by atoms with Gasteiger partial charge in [0.2, 0.25) is 0 Å². The summed E-state index contributed by atoms with van der Waals surface area (Å²) in [4.78, 5) is 0. The van der Waals surface area contributed by atoms with Crippen molar-refractivity contribution in [3.63, 3.8) is 0 Å². The Morgan fingerprint density at radius 2 is 1.50 bits per heavy atom. The van der Waals surface area contributed by atoms with Crippen LogP contribution in [-0.2, 0) is 10.2 Å². The lowest BCUT2D eigenvalue weighted by molar-refractivity contribution is 0.527. The van der Waals surface area contributed by atoms with E-state index in [1.165, 1.54) is 19.7 Å². The van der Waals surface area contributed by atoms with Crippen molar-refractivity contribution >= 4 is 27.3 Å². The third-order valence-corrected chi connectivity index (χ3v) is 4.74. The van der Waals surface area contributed by atoms with Crippen molar-refractivity contribution in [3.05, 3.63) is 53.6 Å². The first-order valence-electron chi connectivity index (χ1n) is 6.92. The lowest BCUT2D eigenvalue weighted by Gasteiger charge is -2.14. The molecule has 0 radical (unpaired) electrons. The summed E-state index contributed by atoms with van der Waals surface area (Å²) in [5.74, 6) is 0. The van der Waals surface area contributed by atoms with Gasteiger partial charge in [0.05, 0.1) is 0 Å². The SMILES string of the molecule is Cc1ccc(C)c(Nc2ccc(NS(=O)(=O)N(C)C)cc2)c1. The van der Waals surface area contributed by atoms with Gasteiger partial charge in [-0.05, 0) is 55.3 Å². The van der Waals surface area contributed by atoms with E-state index in [2.05, 4.69) is 28.2 Å². The van der Waals surface area contributed by atoms with E-state index in [0.29, 0.717) is 5.69 Å². The monoisotopic (exact) mass is 319 g/mol. The molecule has 0 heterocycles. The van der Waals surface area contributed by atoms with Gasteiger partial charge in [-0.1, -0.05) is 12.1 Å². The fraction of sp³-hybridized carbons (Fsp3) is 0.250. The standard InChI is InChI=1S/C16H21N3O2S/c1-12-5-6-13(2)16(11-12)17-14-7-9-15(10-8-14)18-22(20,21)19(3)4/h5-11,17-18H,1-4H3. The first kappa shape index (κ1) is 16.3. The van der Waals surface area contributed by atoms with Crippen LogP contribution in [0, 0.1) is 13.8 Å². The Hall–Kier alpha value is -2.05. The number of rotatable bonds is 5. The normalized spacial score (nSPS) is 11.5. The Balaban J connectivity index is 2.14. The average molecular weight is 319 g/mol. The molecule has 0 saturated carbocycles. The summed E-state index contributed by atoms with van der Waals surface area (Å²) >= 11 is 0. The Labute approximate surface area is 132 Å². The minimum atomic E-state index is -3.47. The quantitative estimate of drug-likeness (QED) is 0.889. The maximum atomic E-state index is 11.8. The molecule has 0 atom stereocenters. The van der Waals surface area contributed by atoms with E-state index in [-0.39, 0.29) is 0 Å². The first-order valence-corrected chi connectivity index (χ1v) is 8.36. The summed E-state index contributed by atoms with van der Waals surface area (Å²) < 4.78 is 27.1. The summed E-state index contributed by atoms with van der Waals surface area (Å²) in [5, 5.41) is 3.34. The molecule has 2 aromatic carbocycles. The zero-order valence-electron chi connectivity index (χ0n) is 13.2. The summed E-state index contributed by atoms with van der Waals surface area (Å²) in [6, 6.07) is 13.4. The molecule has 6 heteroatoms. The van der Waals surface area contributed by atoms with Gasteiger partial charge in [-0.2, -0.15) is 12.7 Å². The Morgan fingerprint density at radius 1 is 0.909 bits per heavy atom. The number of hydrogen-bond donors (Lipinski definition) is 2. The molecule has 2 aromatic rings. The molecule has 0 unspecified atom stereocenters. The van der Waals surface area contributed by atoms with Crippen LogP contribution in [0.2, 0.25) is 0 Å². The highest BCUT2D eigenvalue weighted by molar-refractivity contribution is 7.90. The largest absolute Gasteiger partial charge is 0.355 e. The summed E-state index contributed by atoms with van der Waals surface area (Å²) in [5.41, 5.74) is 4.81. The molecule has 0 saturated heterocycles. The first-order chi connectivity index (χ1) is 10.3. The third kappa shape index (κ3) is 3.99. The van der Waals surface area contributed by atoms with Gasteiger partial charge in [-0.15, -0.1) is 0 Å². The van der Waals surface area contributed by atoms with Crippen molar-refractivity contribution in [2.24, 2.45) is 0 Å². The molecule has 0 aliphatic rings. The number of hydrogen-bond acceptors (Lipinski definition) is 3. The number of benzene rings is 2. The molecule has 0 amide bonds. The van der Waals surface area contributed by atoms with Crippen LogP contribution >= 0.6 is 0 Å². The minimum Gasteiger partial charge on any atom is -0.355 e. The molecule has 0 spiro atoms. The molecular formula is C16H21N3O2S. The molecule has 22 heavy (non-hydrogen) atoms. The third-order valence-electron chi connectivity index (χ3n) is 3.28. The molecule has 0 aliphatic carbocycles. The Bertz CT molecular complexity index is 753. The molecule has 0 aliphatic heterocycles. The molecular weight excluding hydrogens is 298 g/mol. The van der Waals surface area contributed by atoms with E-state index in [1.54, 1.807) is 12.1 Å². The van der Waals surface area contributed by atoms with E-state index in [0.717, 1.165) is 21.2 Å². The highest BCUT2D eigenvalue weighted by Gasteiger charge is 2.12. The number of aryl methyl sites for hydroxylation is 2. The van der Waals surface area contributed by atoms with E-state index in [1.807, 2.05) is 26.0 Å². The van der Waals surface area contributed by atoms with Gasteiger partial charge in [0.15, 0.2) is 0 Å². The maximum Gasteiger partial charge on any atom is 0.301 e. The van der Waals surface area contributed by atoms with Crippen molar-refractivity contribution in [1.29, 1.82) is 0 Å². The van der Waals surface area contributed by atoms with E-state index in [9.17, 15) is 8.42 Å². The van der Waals surface area contributed by atoms with Gasteiger partial charge >= 0.3 is 10.2 Å². The van der Waals surface area contributed by atoms with E-state index in [4.69, 9.17) is 0 Å². The van der Waals surface area contributed by atoms with Gasteiger partial charge in [0.25, 0.3) is 0 Å². The van der Waals surface area contributed by atoms with Crippen LogP contribution in [0.5, 0.6) is 0 Å².